The molecule has 104 valence electrons. The Hall–Kier alpha value is -2.17. The molecule has 1 N–H and O–H groups in total. The zero-order valence-corrected chi connectivity index (χ0v) is 10.6. The van der Waals surface area contributed by atoms with Crippen LogP contribution in [0.1, 0.15) is 6.42 Å². The Morgan fingerprint density at radius 3 is 2.30 bits per heavy atom. The van der Waals surface area contributed by atoms with Gasteiger partial charge < -0.3 is 15.2 Å². The molecule has 3 rings (SSSR count). The van der Waals surface area contributed by atoms with Crippen molar-refractivity contribution in [2.45, 2.75) is 6.42 Å². The summed E-state index contributed by atoms with van der Waals surface area (Å²) in [5.74, 6) is -3.47. The van der Waals surface area contributed by atoms with Crippen molar-refractivity contribution >= 4 is 17.6 Å². The lowest BCUT2D eigenvalue weighted by atomic mass is 9.82. The van der Waals surface area contributed by atoms with E-state index in [2.05, 4.69) is 5.32 Å². The van der Waals surface area contributed by atoms with Crippen molar-refractivity contribution in [3.63, 3.8) is 0 Å². The van der Waals surface area contributed by atoms with Crippen LogP contribution >= 0.6 is 0 Å². The van der Waals surface area contributed by atoms with Crippen LogP contribution in [0.2, 0.25) is 0 Å². The van der Waals surface area contributed by atoms with Gasteiger partial charge >= 0.3 is 0 Å². The third kappa shape index (κ3) is 2.09. The van der Waals surface area contributed by atoms with E-state index in [1.807, 2.05) is 12.2 Å². The third-order valence-corrected chi connectivity index (χ3v) is 4.15. The van der Waals surface area contributed by atoms with Gasteiger partial charge in [0.2, 0.25) is 5.91 Å². The number of carboxylic acids is 1. The summed E-state index contributed by atoms with van der Waals surface area (Å²) < 4.78 is 12.8. The fourth-order valence-corrected chi connectivity index (χ4v) is 3.26. The molecule has 2 aliphatic rings. The molecule has 0 radical (unpaired) electrons. The Bertz CT molecular complexity index is 581. The molecule has 0 spiro atoms. The van der Waals surface area contributed by atoms with Crippen molar-refractivity contribution in [2.75, 3.05) is 5.32 Å². The second kappa shape index (κ2) is 4.74. The van der Waals surface area contributed by atoms with Crippen LogP contribution in [0.3, 0.4) is 0 Å². The van der Waals surface area contributed by atoms with Crippen LogP contribution in [0.5, 0.6) is 0 Å². The summed E-state index contributed by atoms with van der Waals surface area (Å²) in [5, 5.41) is 13.9. The highest BCUT2D eigenvalue weighted by Gasteiger charge is 2.48. The van der Waals surface area contributed by atoms with E-state index in [1.165, 1.54) is 24.3 Å². The van der Waals surface area contributed by atoms with E-state index in [-0.39, 0.29) is 17.7 Å². The Labute approximate surface area is 115 Å². The topological polar surface area (TPSA) is 69.2 Å². The summed E-state index contributed by atoms with van der Waals surface area (Å²) in [6.45, 7) is 0. The Balaban J connectivity index is 1.78. The number of benzene rings is 1. The minimum Gasteiger partial charge on any atom is -0.550 e. The minimum atomic E-state index is -1.18. The number of aliphatic carboxylic acids is 1. The first-order valence-electron chi connectivity index (χ1n) is 6.52. The van der Waals surface area contributed by atoms with E-state index in [4.69, 9.17) is 0 Å². The fraction of sp³-hybridized carbons (Fsp3) is 0.333. The predicted octanol–water partition coefficient (Wildman–Crippen LogP) is 0.952. The molecule has 4 atom stereocenters. The van der Waals surface area contributed by atoms with Gasteiger partial charge in [-0.1, -0.05) is 12.2 Å². The first-order valence-corrected chi connectivity index (χ1v) is 6.52. The van der Waals surface area contributed by atoms with Crippen LogP contribution in [0.4, 0.5) is 10.1 Å². The van der Waals surface area contributed by atoms with Crippen molar-refractivity contribution in [2.24, 2.45) is 23.7 Å². The van der Waals surface area contributed by atoms with Crippen molar-refractivity contribution in [1.29, 1.82) is 0 Å². The highest BCUT2D eigenvalue weighted by molar-refractivity contribution is 5.96. The molecule has 2 aliphatic carbocycles. The highest BCUT2D eigenvalue weighted by Crippen LogP contribution is 2.48. The fourth-order valence-electron chi connectivity index (χ4n) is 3.26. The maximum absolute atomic E-state index is 12.8. The summed E-state index contributed by atoms with van der Waals surface area (Å²) in [4.78, 5) is 23.5. The van der Waals surface area contributed by atoms with E-state index in [0.717, 1.165) is 0 Å². The zero-order chi connectivity index (χ0) is 14.3. The van der Waals surface area contributed by atoms with E-state index in [1.54, 1.807) is 0 Å². The van der Waals surface area contributed by atoms with Crippen molar-refractivity contribution < 1.29 is 19.1 Å². The maximum Gasteiger partial charge on any atom is 0.228 e. The number of carbonyl (C=O) groups excluding carboxylic acids is 2. The van der Waals surface area contributed by atoms with Crippen LogP contribution in [-0.2, 0) is 9.59 Å². The number of allylic oxidation sites excluding steroid dienone is 2. The lowest BCUT2D eigenvalue weighted by molar-refractivity contribution is -0.313. The number of nitrogens with one attached hydrogen (secondary N) is 1. The number of halogens is 1. The second-order valence-corrected chi connectivity index (χ2v) is 5.32. The third-order valence-electron chi connectivity index (χ3n) is 4.15. The van der Waals surface area contributed by atoms with Crippen molar-refractivity contribution in [3.8, 4) is 0 Å². The lowest BCUT2D eigenvalue weighted by Crippen LogP contribution is -2.42. The Morgan fingerprint density at radius 2 is 1.70 bits per heavy atom. The molecule has 20 heavy (non-hydrogen) atoms. The van der Waals surface area contributed by atoms with Crippen LogP contribution in [0.25, 0.3) is 0 Å². The molecule has 4 nitrogen and oxygen atoms in total. The summed E-state index contributed by atoms with van der Waals surface area (Å²) in [6, 6.07) is 5.38. The molecule has 0 aliphatic heterocycles. The highest BCUT2D eigenvalue weighted by atomic mass is 19.1. The number of carbonyl (C=O) groups is 2. The van der Waals surface area contributed by atoms with E-state index >= 15 is 0 Å². The van der Waals surface area contributed by atoms with E-state index in [9.17, 15) is 19.1 Å². The molecule has 5 heteroatoms. The number of amides is 1. The number of fused-ring (bicyclic) bond motifs is 2. The Morgan fingerprint density at radius 1 is 1.10 bits per heavy atom. The molecule has 1 fully saturated rings. The SMILES string of the molecule is O=C([O-])[C@@H]1[C@@H](C(=O)Nc2ccc(F)cc2)[C@H]2C=C[C@H]1C2. The van der Waals surface area contributed by atoms with Gasteiger partial charge in [0.15, 0.2) is 0 Å². The second-order valence-electron chi connectivity index (χ2n) is 5.32. The molecular weight excluding hydrogens is 261 g/mol. The van der Waals surface area contributed by atoms with Gasteiger partial charge in [0.05, 0.1) is 5.92 Å². The molecule has 1 aromatic rings. The quantitative estimate of drug-likeness (QED) is 0.834. The monoisotopic (exact) mass is 274 g/mol. The molecule has 1 aromatic carbocycles. The van der Waals surface area contributed by atoms with Crippen molar-refractivity contribution in [1.82, 2.24) is 0 Å². The van der Waals surface area contributed by atoms with Crippen LogP contribution in [-0.4, -0.2) is 11.9 Å². The van der Waals surface area contributed by atoms with Crippen molar-refractivity contribution in [3.05, 3.63) is 42.2 Å². The number of hydrogen-bond donors (Lipinski definition) is 1. The normalized spacial score (nSPS) is 30.4. The molecule has 0 saturated heterocycles. The summed E-state index contributed by atoms with van der Waals surface area (Å²) in [5.41, 5.74) is 0.459. The first-order chi connectivity index (χ1) is 9.56. The lowest BCUT2D eigenvalue weighted by Gasteiger charge is -2.27. The molecular formula is C15H13FNO3-. The standard InChI is InChI=1S/C15H14FNO3/c16-10-3-5-11(6-4-10)17-14(18)12-8-1-2-9(7-8)13(12)15(19)20/h1-6,8-9,12-13H,7H2,(H,17,18)(H,19,20)/p-1/t8-,9-,12-,13-/m0/s1. The molecule has 1 saturated carbocycles. The van der Waals surface area contributed by atoms with Gasteiger partial charge in [-0.3, -0.25) is 4.79 Å². The number of carboxylic acid groups (broad SMARTS) is 1. The van der Waals surface area contributed by atoms with Gasteiger partial charge in [-0.25, -0.2) is 4.39 Å². The Kier molecular flexibility index (Phi) is 3.04. The number of hydrogen-bond acceptors (Lipinski definition) is 3. The molecule has 0 heterocycles. The molecule has 0 unspecified atom stereocenters. The molecule has 0 aromatic heterocycles. The van der Waals surface area contributed by atoms with Crippen LogP contribution in [0, 0.1) is 29.5 Å². The van der Waals surface area contributed by atoms with Gasteiger partial charge in [-0.2, -0.15) is 0 Å². The zero-order valence-electron chi connectivity index (χ0n) is 10.6. The smallest absolute Gasteiger partial charge is 0.228 e. The van der Waals surface area contributed by atoms with Gasteiger partial charge in [0, 0.05) is 17.6 Å². The first kappa shape index (κ1) is 12.8. The summed E-state index contributed by atoms with van der Waals surface area (Å²) in [7, 11) is 0. The van der Waals surface area contributed by atoms with E-state index < -0.39 is 23.6 Å². The molecule has 1 amide bonds. The van der Waals surface area contributed by atoms with Gasteiger partial charge in [0.1, 0.15) is 5.82 Å². The summed E-state index contributed by atoms with van der Waals surface area (Å²) in [6.07, 6.45) is 4.44. The van der Waals surface area contributed by atoms with Gasteiger partial charge in [-0.15, -0.1) is 0 Å². The average molecular weight is 274 g/mol. The number of anilines is 1. The van der Waals surface area contributed by atoms with Gasteiger partial charge in [0.25, 0.3) is 0 Å². The number of rotatable bonds is 3. The predicted molar refractivity (Wildman–Crippen MR) is 67.8 cm³/mol. The maximum atomic E-state index is 12.8. The van der Waals surface area contributed by atoms with Crippen LogP contribution in [0.15, 0.2) is 36.4 Å². The molecule has 2 bridgehead atoms. The summed E-state index contributed by atoms with van der Waals surface area (Å²) >= 11 is 0. The van der Waals surface area contributed by atoms with Crippen LogP contribution < -0.4 is 10.4 Å². The minimum absolute atomic E-state index is 0.0525. The largest absolute Gasteiger partial charge is 0.550 e. The van der Waals surface area contributed by atoms with Gasteiger partial charge in [-0.05, 0) is 42.5 Å². The average Bonchev–Trinajstić information content (AvgIpc) is 3.01. The van der Waals surface area contributed by atoms with E-state index in [0.29, 0.717) is 12.1 Å².